The van der Waals surface area contributed by atoms with Crippen LogP contribution in [-0.2, 0) is 4.79 Å². The summed E-state index contributed by atoms with van der Waals surface area (Å²) in [6, 6.07) is 8.67. The second kappa shape index (κ2) is 6.20. The van der Waals surface area contributed by atoms with Crippen molar-refractivity contribution >= 4 is 5.91 Å². The van der Waals surface area contributed by atoms with Gasteiger partial charge in [-0.1, -0.05) is 50.6 Å². The Labute approximate surface area is 117 Å². The highest BCUT2D eigenvalue weighted by Crippen LogP contribution is 2.19. The highest BCUT2D eigenvalue weighted by Gasteiger charge is 2.23. The molecule has 1 amide bonds. The SMILES string of the molecule is Cc1ccc([C@H](CNC(=O)C(C)(C)C)N(C)C)cc1. The second-order valence-electron chi connectivity index (χ2n) is 6.35. The molecular formula is C16H26N2O. The Bertz CT molecular complexity index is 415. The molecule has 1 aromatic rings. The molecule has 1 aromatic carbocycles. The number of rotatable bonds is 4. The van der Waals surface area contributed by atoms with Gasteiger partial charge in [0.2, 0.25) is 5.91 Å². The molecule has 0 radical (unpaired) electrons. The van der Waals surface area contributed by atoms with Crippen molar-refractivity contribution in [1.29, 1.82) is 0 Å². The van der Waals surface area contributed by atoms with Gasteiger partial charge in [0.25, 0.3) is 0 Å². The lowest BCUT2D eigenvalue weighted by molar-refractivity contribution is -0.128. The molecule has 1 N–H and O–H groups in total. The normalized spacial score (nSPS) is 13.4. The Morgan fingerprint density at radius 3 is 2.16 bits per heavy atom. The van der Waals surface area contributed by atoms with Gasteiger partial charge in [0, 0.05) is 12.0 Å². The molecule has 0 heterocycles. The van der Waals surface area contributed by atoms with Gasteiger partial charge >= 0.3 is 0 Å². The van der Waals surface area contributed by atoms with E-state index >= 15 is 0 Å². The first kappa shape index (κ1) is 15.7. The Morgan fingerprint density at radius 1 is 1.21 bits per heavy atom. The maximum atomic E-state index is 11.9. The molecule has 1 atom stereocenters. The number of nitrogens with one attached hydrogen (secondary N) is 1. The molecule has 0 saturated carbocycles. The molecule has 0 fully saturated rings. The molecule has 1 rings (SSSR count). The van der Waals surface area contributed by atoms with E-state index in [9.17, 15) is 4.79 Å². The number of benzene rings is 1. The lowest BCUT2D eigenvalue weighted by atomic mass is 9.95. The molecule has 0 spiro atoms. The van der Waals surface area contributed by atoms with Gasteiger partial charge in [-0.15, -0.1) is 0 Å². The van der Waals surface area contributed by atoms with Crippen LogP contribution in [0.4, 0.5) is 0 Å². The number of hydrogen-bond donors (Lipinski definition) is 1. The van der Waals surface area contributed by atoms with Crippen LogP contribution in [0.15, 0.2) is 24.3 Å². The molecule has 19 heavy (non-hydrogen) atoms. The molecule has 0 aromatic heterocycles. The molecule has 0 bridgehead atoms. The number of carbonyl (C=O) groups excluding carboxylic acids is 1. The minimum absolute atomic E-state index is 0.0893. The van der Waals surface area contributed by atoms with E-state index in [0.717, 1.165) is 0 Å². The van der Waals surface area contributed by atoms with Crippen molar-refractivity contribution in [2.24, 2.45) is 5.41 Å². The van der Waals surface area contributed by atoms with E-state index in [2.05, 4.69) is 41.4 Å². The predicted octanol–water partition coefficient (Wildman–Crippen LogP) is 2.76. The highest BCUT2D eigenvalue weighted by molar-refractivity contribution is 5.81. The zero-order valence-electron chi connectivity index (χ0n) is 12.9. The molecule has 0 saturated heterocycles. The lowest BCUT2D eigenvalue weighted by Gasteiger charge is -2.27. The van der Waals surface area contributed by atoms with Crippen LogP contribution in [-0.4, -0.2) is 31.4 Å². The van der Waals surface area contributed by atoms with Gasteiger partial charge in [0.15, 0.2) is 0 Å². The van der Waals surface area contributed by atoms with Gasteiger partial charge in [0.1, 0.15) is 0 Å². The molecule has 0 unspecified atom stereocenters. The first-order chi connectivity index (χ1) is 8.71. The summed E-state index contributed by atoms with van der Waals surface area (Å²) in [6.07, 6.45) is 0. The largest absolute Gasteiger partial charge is 0.354 e. The monoisotopic (exact) mass is 262 g/mol. The molecule has 106 valence electrons. The summed E-state index contributed by atoms with van der Waals surface area (Å²) >= 11 is 0. The van der Waals surface area contributed by atoms with E-state index in [1.54, 1.807) is 0 Å². The van der Waals surface area contributed by atoms with Crippen molar-refractivity contribution in [1.82, 2.24) is 10.2 Å². The van der Waals surface area contributed by atoms with Crippen LogP contribution in [0.3, 0.4) is 0 Å². The summed E-state index contributed by atoms with van der Waals surface area (Å²) in [5.41, 5.74) is 2.13. The van der Waals surface area contributed by atoms with Crippen LogP contribution in [0, 0.1) is 12.3 Å². The van der Waals surface area contributed by atoms with Crippen molar-refractivity contribution in [3.63, 3.8) is 0 Å². The maximum absolute atomic E-state index is 11.9. The minimum Gasteiger partial charge on any atom is -0.354 e. The summed E-state index contributed by atoms with van der Waals surface area (Å²) in [7, 11) is 4.07. The number of aryl methyl sites for hydroxylation is 1. The Balaban J connectivity index is 2.75. The molecular weight excluding hydrogens is 236 g/mol. The van der Waals surface area contributed by atoms with Crippen LogP contribution in [0.25, 0.3) is 0 Å². The van der Waals surface area contributed by atoms with Gasteiger partial charge in [-0.25, -0.2) is 0 Å². The first-order valence-electron chi connectivity index (χ1n) is 6.73. The second-order valence-corrected chi connectivity index (χ2v) is 6.35. The van der Waals surface area contributed by atoms with Crippen LogP contribution in [0.1, 0.15) is 37.9 Å². The fourth-order valence-electron chi connectivity index (χ4n) is 1.84. The fourth-order valence-corrected chi connectivity index (χ4v) is 1.84. The molecule has 3 nitrogen and oxygen atoms in total. The Kier molecular flexibility index (Phi) is 5.12. The first-order valence-corrected chi connectivity index (χ1v) is 6.73. The van der Waals surface area contributed by atoms with Gasteiger partial charge in [-0.2, -0.15) is 0 Å². The minimum atomic E-state index is -0.343. The van der Waals surface area contributed by atoms with Gasteiger partial charge in [0.05, 0.1) is 6.04 Å². The van der Waals surface area contributed by atoms with Crippen molar-refractivity contribution in [2.45, 2.75) is 33.7 Å². The average Bonchev–Trinajstić information content (AvgIpc) is 2.29. The van der Waals surface area contributed by atoms with Crippen molar-refractivity contribution in [2.75, 3.05) is 20.6 Å². The van der Waals surface area contributed by atoms with Crippen molar-refractivity contribution in [3.05, 3.63) is 35.4 Å². The van der Waals surface area contributed by atoms with E-state index in [-0.39, 0.29) is 17.4 Å². The third-order valence-corrected chi connectivity index (χ3v) is 3.22. The molecule has 0 aliphatic carbocycles. The van der Waals surface area contributed by atoms with Crippen molar-refractivity contribution in [3.8, 4) is 0 Å². The van der Waals surface area contributed by atoms with Gasteiger partial charge < -0.3 is 10.2 Å². The maximum Gasteiger partial charge on any atom is 0.225 e. The van der Waals surface area contributed by atoms with Crippen LogP contribution >= 0.6 is 0 Å². The van der Waals surface area contributed by atoms with Crippen molar-refractivity contribution < 1.29 is 4.79 Å². The van der Waals surface area contributed by atoms with E-state index in [4.69, 9.17) is 0 Å². The number of nitrogens with zero attached hydrogens (tertiary/aromatic N) is 1. The van der Waals surface area contributed by atoms with Crippen LogP contribution in [0.2, 0.25) is 0 Å². The zero-order chi connectivity index (χ0) is 14.6. The fraction of sp³-hybridized carbons (Fsp3) is 0.562. The van der Waals surface area contributed by atoms with Gasteiger partial charge in [-0.3, -0.25) is 4.79 Å². The zero-order valence-corrected chi connectivity index (χ0v) is 12.9. The summed E-state index contributed by atoms with van der Waals surface area (Å²) in [4.78, 5) is 14.1. The quantitative estimate of drug-likeness (QED) is 0.905. The molecule has 0 aliphatic rings. The van der Waals surface area contributed by atoms with E-state index < -0.39 is 0 Å². The topological polar surface area (TPSA) is 32.3 Å². The smallest absolute Gasteiger partial charge is 0.225 e. The van der Waals surface area contributed by atoms with E-state index in [1.807, 2.05) is 34.9 Å². The van der Waals surface area contributed by atoms with Crippen LogP contribution < -0.4 is 5.32 Å². The summed E-state index contributed by atoms with van der Waals surface area (Å²) < 4.78 is 0. The van der Waals surface area contributed by atoms with Gasteiger partial charge in [-0.05, 0) is 26.6 Å². The number of carbonyl (C=O) groups is 1. The third-order valence-electron chi connectivity index (χ3n) is 3.22. The average molecular weight is 262 g/mol. The van der Waals surface area contributed by atoms with E-state index in [0.29, 0.717) is 6.54 Å². The number of likely N-dealkylation sites (N-methyl/N-ethyl adjacent to an activating group) is 1. The Morgan fingerprint density at radius 2 is 1.74 bits per heavy atom. The lowest BCUT2D eigenvalue weighted by Crippen LogP contribution is -2.40. The highest BCUT2D eigenvalue weighted by atomic mass is 16.2. The predicted molar refractivity (Wildman–Crippen MR) is 80.1 cm³/mol. The third kappa shape index (κ3) is 4.67. The summed E-state index contributed by atoms with van der Waals surface area (Å²) in [5, 5.41) is 3.04. The summed E-state index contributed by atoms with van der Waals surface area (Å²) in [5.74, 6) is 0.0893. The van der Waals surface area contributed by atoms with Crippen LogP contribution in [0.5, 0.6) is 0 Å². The number of hydrogen-bond acceptors (Lipinski definition) is 2. The Hall–Kier alpha value is -1.35. The molecule has 3 heteroatoms. The van der Waals surface area contributed by atoms with E-state index in [1.165, 1.54) is 11.1 Å². The summed E-state index contributed by atoms with van der Waals surface area (Å²) in [6.45, 7) is 8.50. The molecule has 0 aliphatic heterocycles. The standard InChI is InChI=1S/C16H26N2O/c1-12-7-9-13(10-8-12)14(18(5)6)11-17-15(19)16(2,3)4/h7-10,14H,11H2,1-6H3,(H,17,19)/t14-/m0/s1. The number of amides is 1.